The summed E-state index contributed by atoms with van der Waals surface area (Å²) in [5.74, 6) is -1.40. The molecule has 1 aliphatic rings. The van der Waals surface area contributed by atoms with Gasteiger partial charge in [-0.05, 0) is 38.7 Å². The minimum atomic E-state index is -0.950. The fourth-order valence-corrected chi connectivity index (χ4v) is 5.41. The molecule has 1 fully saturated rings. The van der Waals surface area contributed by atoms with Gasteiger partial charge in [0, 0.05) is 16.4 Å². The standard InChI is InChI=1S/C32H39N3O5S/c1-4-5-12-26(28(36)29(37)33-23(3)24-10-7-6-8-11-24)34-30(38)39-20-32(17-9-18-32)21-40-31-35-27(19-41-31)25-15-13-22(2)14-16-25/h6-8,10-11,13-16,19,23,26H,4-5,9,12,17-18,20-21H2,1-3H3,(H,33,37)(H,34,38)/t23-,26+/m1/s1. The van der Waals surface area contributed by atoms with Crippen LogP contribution in [0.3, 0.4) is 0 Å². The number of aromatic nitrogens is 1. The number of benzene rings is 2. The fourth-order valence-electron chi connectivity index (χ4n) is 4.73. The molecule has 218 valence electrons. The van der Waals surface area contributed by atoms with Crippen LogP contribution in [0.4, 0.5) is 4.79 Å². The second-order valence-electron chi connectivity index (χ2n) is 10.9. The summed E-state index contributed by atoms with van der Waals surface area (Å²) >= 11 is 1.44. The van der Waals surface area contributed by atoms with Gasteiger partial charge in [0.1, 0.15) is 12.6 Å². The first-order valence-electron chi connectivity index (χ1n) is 14.3. The summed E-state index contributed by atoms with van der Waals surface area (Å²) in [6.07, 6.45) is 3.94. The molecule has 0 spiro atoms. The average Bonchev–Trinajstić information content (AvgIpc) is 3.44. The van der Waals surface area contributed by atoms with Crippen LogP contribution in [0.25, 0.3) is 11.3 Å². The number of ether oxygens (including phenoxy) is 2. The van der Waals surface area contributed by atoms with Crippen LogP contribution in [0.15, 0.2) is 60.0 Å². The lowest BCUT2D eigenvalue weighted by atomic mass is 9.70. The van der Waals surface area contributed by atoms with E-state index < -0.39 is 23.8 Å². The Hall–Kier alpha value is -3.72. The van der Waals surface area contributed by atoms with E-state index in [1.807, 2.05) is 68.6 Å². The molecule has 8 nitrogen and oxygen atoms in total. The number of hydrogen-bond acceptors (Lipinski definition) is 7. The Morgan fingerprint density at radius 3 is 2.41 bits per heavy atom. The average molecular weight is 578 g/mol. The molecule has 1 aromatic heterocycles. The highest BCUT2D eigenvalue weighted by molar-refractivity contribution is 7.11. The largest absolute Gasteiger partial charge is 0.469 e. The molecular weight excluding hydrogens is 538 g/mol. The zero-order valence-corrected chi connectivity index (χ0v) is 24.8. The molecule has 1 aliphatic carbocycles. The highest BCUT2D eigenvalue weighted by Crippen LogP contribution is 2.42. The van der Waals surface area contributed by atoms with Gasteiger partial charge in [-0.15, -0.1) is 0 Å². The number of unbranched alkanes of at least 4 members (excludes halogenated alkanes) is 1. The molecule has 9 heteroatoms. The van der Waals surface area contributed by atoms with E-state index >= 15 is 0 Å². The van der Waals surface area contributed by atoms with Crippen molar-refractivity contribution in [2.24, 2.45) is 5.41 Å². The summed E-state index contributed by atoms with van der Waals surface area (Å²) in [5, 5.41) is 7.94. The molecular formula is C32H39N3O5S. The molecule has 0 radical (unpaired) electrons. The molecule has 0 saturated heterocycles. The molecule has 2 N–H and O–H groups in total. The number of nitrogens with zero attached hydrogens (tertiary/aromatic N) is 1. The van der Waals surface area contributed by atoms with Gasteiger partial charge >= 0.3 is 6.09 Å². The van der Waals surface area contributed by atoms with Gasteiger partial charge in [0.2, 0.25) is 5.78 Å². The van der Waals surface area contributed by atoms with Crippen molar-refractivity contribution in [2.75, 3.05) is 13.2 Å². The molecule has 0 unspecified atom stereocenters. The Morgan fingerprint density at radius 1 is 1.02 bits per heavy atom. The Labute approximate surface area is 245 Å². The van der Waals surface area contributed by atoms with E-state index in [1.165, 1.54) is 16.9 Å². The van der Waals surface area contributed by atoms with Gasteiger partial charge in [-0.3, -0.25) is 9.59 Å². The number of nitrogens with one attached hydrogen (secondary N) is 2. The number of carbonyl (C=O) groups excluding carboxylic acids is 3. The summed E-state index contributed by atoms with van der Waals surface area (Å²) in [4.78, 5) is 43.1. The van der Waals surface area contributed by atoms with Crippen LogP contribution in [0, 0.1) is 12.3 Å². The summed E-state index contributed by atoms with van der Waals surface area (Å²) in [5.41, 5.74) is 3.70. The SMILES string of the molecule is CCCC[C@H](NC(=O)OCC1(COc2nc(-c3ccc(C)cc3)cs2)CCC1)C(=O)C(=O)N[C@H](C)c1ccccc1. The van der Waals surface area contributed by atoms with Crippen LogP contribution < -0.4 is 15.4 Å². The van der Waals surface area contributed by atoms with Gasteiger partial charge < -0.3 is 20.1 Å². The lowest BCUT2D eigenvalue weighted by molar-refractivity contribution is -0.139. The molecule has 2 amide bonds. The van der Waals surface area contributed by atoms with Crippen molar-refractivity contribution in [1.82, 2.24) is 15.6 Å². The molecule has 0 bridgehead atoms. The van der Waals surface area contributed by atoms with Gasteiger partial charge in [0.15, 0.2) is 0 Å². The number of hydrogen-bond donors (Lipinski definition) is 2. The van der Waals surface area contributed by atoms with Crippen LogP contribution in [0.2, 0.25) is 0 Å². The van der Waals surface area contributed by atoms with Crippen molar-refractivity contribution in [2.45, 2.75) is 71.4 Å². The highest BCUT2D eigenvalue weighted by Gasteiger charge is 2.40. The number of ketones is 1. The molecule has 1 heterocycles. The summed E-state index contributed by atoms with van der Waals surface area (Å²) in [6, 6.07) is 16.3. The van der Waals surface area contributed by atoms with Crippen molar-refractivity contribution in [3.8, 4) is 16.5 Å². The molecule has 0 aliphatic heterocycles. The molecule has 41 heavy (non-hydrogen) atoms. The fraction of sp³-hybridized carbons (Fsp3) is 0.438. The Morgan fingerprint density at radius 2 is 1.76 bits per heavy atom. The van der Waals surface area contributed by atoms with Gasteiger partial charge in [-0.25, -0.2) is 9.78 Å². The second kappa shape index (κ2) is 14.3. The molecule has 2 atom stereocenters. The lowest BCUT2D eigenvalue weighted by Crippen LogP contribution is -2.49. The Kier molecular flexibility index (Phi) is 10.5. The van der Waals surface area contributed by atoms with Crippen molar-refractivity contribution in [3.63, 3.8) is 0 Å². The molecule has 1 saturated carbocycles. The van der Waals surface area contributed by atoms with Crippen molar-refractivity contribution in [1.29, 1.82) is 0 Å². The maximum absolute atomic E-state index is 13.0. The van der Waals surface area contributed by atoms with E-state index in [9.17, 15) is 14.4 Å². The third-order valence-corrected chi connectivity index (χ3v) is 8.33. The second-order valence-corrected chi connectivity index (χ2v) is 11.7. The summed E-state index contributed by atoms with van der Waals surface area (Å²) < 4.78 is 11.6. The predicted molar refractivity (Wildman–Crippen MR) is 160 cm³/mol. The van der Waals surface area contributed by atoms with Gasteiger partial charge in [-0.2, -0.15) is 0 Å². The topological polar surface area (TPSA) is 107 Å². The third-order valence-electron chi connectivity index (χ3n) is 7.58. The first kappa shape index (κ1) is 30.2. The number of carbonyl (C=O) groups is 3. The van der Waals surface area contributed by atoms with E-state index in [4.69, 9.17) is 9.47 Å². The number of rotatable bonds is 14. The monoisotopic (exact) mass is 577 g/mol. The number of Topliss-reactive ketones (excluding diaryl/α,β-unsaturated/α-hetero) is 1. The smallest absolute Gasteiger partial charge is 0.407 e. The van der Waals surface area contributed by atoms with E-state index in [0.717, 1.165) is 42.5 Å². The van der Waals surface area contributed by atoms with E-state index in [1.54, 1.807) is 0 Å². The molecule has 2 aromatic carbocycles. The van der Waals surface area contributed by atoms with Gasteiger partial charge in [0.05, 0.1) is 18.3 Å². The predicted octanol–water partition coefficient (Wildman–Crippen LogP) is 6.40. The van der Waals surface area contributed by atoms with Crippen LogP contribution in [0.5, 0.6) is 5.19 Å². The maximum atomic E-state index is 13.0. The third kappa shape index (κ3) is 8.39. The quantitative estimate of drug-likeness (QED) is 0.215. The number of amides is 2. The van der Waals surface area contributed by atoms with Crippen molar-refractivity contribution in [3.05, 3.63) is 71.1 Å². The number of thiazole rings is 1. The molecule has 4 rings (SSSR count). The Balaban J connectivity index is 1.28. The van der Waals surface area contributed by atoms with E-state index in [2.05, 4.69) is 27.8 Å². The first-order valence-corrected chi connectivity index (χ1v) is 15.1. The van der Waals surface area contributed by atoms with E-state index in [0.29, 0.717) is 24.6 Å². The van der Waals surface area contributed by atoms with Crippen LogP contribution in [0.1, 0.15) is 69.5 Å². The summed E-state index contributed by atoms with van der Waals surface area (Å²) in [6.45, 7) is 6.41. The molecule has 3 aromatic rings. The van der Waals surface area contributed by atoms with Crippen LogP contribution in [-0.2, 0) is 14.3 Å². The Bertz CT molecular complexity index is 1300. The number of alkyl carbamates (subject to hydrolysis) is 1. The van der Waals surface area contributed by atoms with Crippen LogP contribution >= 0.6 is 11.3 Å². The minimum Gasteiger partial charge on any atom is -0.469 e. The summed E-state index contributed by atoms with van der Waals surface area (Å²) in [7, 11) is 0. The van der Waals surface area contributed by atoms with Gasteiger partial charge in [0.25, 0.3) is 11.1 Å². The lowest BCUT2D eigenvalue weighted by Gasteiger charge is -2.40. The maximum Gasteiger partial charge on any atom is 0.407 e. The normalized spacial score (nSPS) is 15.2. The van der Waals surface area contributed by atoms with E-state index in [-0.39, 0.29) is 18.1 Å². The minimum absolute atomic E-state index is 0.168. The van der Waals surface area contributed by atoms with Crippen molar-refractivity contribution < 1.29 is 23.9 Å². The zero-order chi connectivity index (χ0) is 29.2. The van der Waals surface area contributed by atoms with Crippen molar-refractivity contribution >= 4 is 29.1 Å². The zero-order valence-electron chi connectivity index (χ0n) is 24.0. The first-order chi connectivity index (χ1) is 19.8. The number of aryl methyl sites for hydroxylation is 1. The van der Waals surface area contributed by atoms with Gasteiger partial charge in [-0.1, -0.05) is 97.7 Å². The highest BCUT2D eigenvalue weighted by atomic mass is 32.1. The van der Waals surface area contributed by atoms with Crippen LogP contribution in [-0.4, -0.2) is 42.0 Å².